The molecule has 0 spiro atoms. The summed E-state index contributed by atoms with van der Waals surface area (Å²) in [7, 11) is -13.6. The highest BCUT2D eigenvalue weighted by Gasteiger charge is 2.32. The van der Waals surface area contributed by atoms with Crippen LogP contribution in [0.25, 0.3) is 22.3 Å². The van der Waals surface area contributed by atoms with Crippen LogP contribution >= 0.6 is 0 Å². The molecule has 8 bridgehead atoms. The van der Waals surface area contributed by atoms with E-state index in [1.807, 2.05) is 35.7 Å². The van der Waals surface area contributed by atoms with Crippen LogP contribution in [0.3, 0.4) is 0 Å². The summed E-state index contributed by atoms with van der Waals surface area (Å²) in [5.74, 6) is -1.09. The van der Waals surface area contributed by atoms with Gasteiger partial charge >= 0.3 is 5.97 Å². The van der Waals surface area contributed by atoms with Crippen LogP contribution in [-0.4, -0.2) is 66.4 Å². The van der Waals surface area contributed by atoms with Crippen molar-refractivity contribution in [2.45, 2.75) is 14.7 Å². The van der Waals surface area contributed by atoms with Crippen molar-refractivity contribution in [1.29, 1.82) is 0 Å². The first-order valence-electron chi connectivity index (χ1n) is 18.8. The molecule has 1 aromatic heterocycles. The lowest BCUT2D eigenvalue weighted by atomic mass is 9.98. The number of nitrogens with zero attached hydrogens (tertiary/aromatic N) is 1. The van der Waals surface area contributed by atoms with Crippen LogP contribution in [0.4, 0.5) is 0 Å². The number of carboxylic acid groups (broad SMARTS) is 1. The molecule has 0 atom stereocenters. The zero-order valence-corrected chi connectivity index (χ0v) is 34.7. The van der Waals surface area contributed by atoms with E-state index in [1.165, 1.54) is 60.7 Å². The third-order valence-electron chi connectivity index (χ3n) is 10.7. The van der Waals surface area contributed by atoms with E-state index in [2.05, 4.69) is 9.98 Å². The second-order valence-electron chi connectivity index (χ2n) is 14.6. The van der Waals surface area contributed by atoms with Crippen molar-refractivity contribution in [2.24, 2.45) is 4.99 Å². The molecular weight excluding hydrogens is 869 g/mol. The van der Waals surface area contributed by atoms with Crippen LogP contribution in [0, 0.1) is 0 Å². The largest absolute Gasteiger partial charge is 0.478 e. The Bertz CT molecular complexity index is 3580. The van der Waals surface area contributed by atoms with Gasteiger partial charge in [0.25, 0.3) is 30.4 Å². The van der Waals surface area contributed by atoms with Gasteiger partial charge in [-0.05, 0) is 95.1 Å². The van der Waals surface area contributed by atoms with Crippen LogP contribution in [0.5, 0.6) is 0 Å². The van der Waals surface area contributed by atoms with Gasteiger partial charge in [0, 0.05) is 35.2 Å². The number of hydrogen-bond donors (Lipinski definition) is 7. The SMILES string of the molecule is O=C(O)c1ccc(C2=C3C=CC(=[NH+]3)C(c3ccc(S(=O)(=O)O)cc3)=c3ccc([nH]3)=C(c3ccc(S(=O)(=O)O)cc3)C3=NC(=C(c4ccc(S(=O)(=O)O)cc4)C4=CC=C2[NH2+]4)C=C3)cc1. The van der Waals surface area contributed by atoms with Crippen molar-refractivity contribution >= 4 is 70.0 Å². The molecule has 5 aromatic rings. The van der Waals surface area contributed by atoms with E-state index in [1.54, 1.807) is 54.6 Å². The lowest BCUT2D eigenvalue weighted by Gasteiger charge is -2.13. The predicted octanol–water partition coefficient (Wildman–Crippen LogP) is 2.13. The first kappa shape index (κ1) is 41.2. The molecule has 63 heavy (non-hydrogen) atoms. The number of aromatic amines is 1. The molecule has 0 amide bonds. The number of rotatable bonds is 8. The number of aliphatic imine (C=N–C) groups is 1. The minimum absolute atomic E-state index is 0.0852. The van der Waals surface area contributed by atoms with Crippen LogP contribution in [0.1, 0.15) is 32.6 Å². The Morgan fingerprint density at radius 1 is 0.524 bits per heavy atom. The summed E-state index contributed by atoms with van der Waals surface area (Å²) < 4.78 is 101. The van der Waals surface area contributed by atoms with Gasteiger partial charge in [0.1, 0.15) is 17.0 Å². The minimum atomic E-state index is -4.53. The number of nitrogens with two attached hydrogens (primary N) is 1. The van der Waals surface area contributed by atoms with E-state index < -0.39 is 36.3 Å². The number of carbonyl (C=O) groups is 1. The number of allylic oxidation sites excluding steroid dienone is 8. The standard InChI is InChI=1S/C45H30N4O11S3/c50-45(51)29-3-1-25(2-4-29)41-33-17-19-35(46-33)42(26-5-11-30(12-6-26)61(52,53)54)37-21-23-39(48-37)44(28-9-15-32(16-10-28)63(58,59)60)40-24-22-38(49-40)43(36-20-18-34(41)47-36)27-7-13-31(14-8-27)62(55,56)57/h1-24,46,49H,(H,50,51)(H,52,53,54)(H,55,56,57)(H,58,59,60)/p+2. The van der Waals surface area contributed by atoms with Crippen molar-refractivity contribution in [2.75, 3.05) is 0 Å². The van der Waals surface area contributed by atoms with Crippen molar-refractivity contribution in [3.05, 3.63) is 207 Å². The van der Waals surface area contributed by atoms with E-state index in [-0.39, 0.29) is 20.2 Å². The molecule has 0 radical (unpaired) electrons. The average molecular weight is 901 g/mol. The number of quaternary nitrogens is 1. The van der Waals surface area contributed by atoms with Gasteiger partial charge in [-0.3, -0.25) is 19.0 Å². The first-order valence-corrected chi connectivity index (χ1v) is 23.1. The Kier molecular flexibility index (Phi) is 10.0. The molecular formula is C45H32N4O11S3+2. The fraction of sp³-hybridized carbons (Fsp3) is 0. The molecule has 5 heterocycles. The summed E-state index contributed by atoms with van der Waals surface area (Å²) >= 11 is 0. The normalized spacial score (nSPS) is 16.4. The zero-order chi connectivity index (χ0) is 44.4. The van der Waals surface area contributed by atoms with Crippen LogP contribution in [-0.2, 0) is 30.4 Å². The maximum atomic E-state index is 12.0. The Hall–Kier alpha value is -7.16. The molecule has 0 saturated heterocycles. The predicted molar refractivity (Wildman–Crippen MR) is 231 cm³/mol. The summed E-state index contributed by atoms with van der Waals surface area (Å²) in [5, 5.41) is 12.7. The molecule has 0 unspecified atom stereocenters. The molecule has 18 heteroatoms. The van der Waals surface area contributed by atoms with Gasteiger partial charge < -0.3 is 10.1 Å². The lowest BCUT2D eigenvalue weighted by Crippen LogP contribution is -2.79. The molecule has 0 fully saturated rings. The number of aromatic carboxylic acids is 1. The minimum Gasteiger partial charge on any atom is -0.478 e. The molecule has 15 nitrogen and oxygen atoms in total. The van der Waals surface area contributed by atoms with Crippen molar-refractivity contribution in [3.8, 4) is 0 Å². The Labute approximate surface area is 359 Å². The monoisotopic (exact) mass is 900 g/mol. The first-order chi connectivity index (χ1) is 29.9. The number of carboxylic acids is 1. The summed E-state index contributed by atoms with van der Waals surface area (Å²) in [6.07, 6.45) is 11.0. The van der Waals surface area contributed by atoms with E-state index in [9.17, 15) is 48.8 Å². The maximum absolute atomic E-state index is 12.0. The number of aromatic nitrogens is 1. The molecule has 4 aliphatic rings. The van der Waals surface area contributed by atoms with Gasteiger partial charge in [0.05, 0.1) is 48.2 Å². The Balaban J connectivity index is 1.36. The quantitative estimate of drug-likeness (QED) is 0.111. The second-order valence-corrected chi connectivity index (χ2v) is 18.8. The second kappa shape index (κ2) is 15.3. The van der Waals surface area contributed by atoms with Gasteiger partial charge in [-0.15, -0.1) is 0 Å². The van der Waals surface area contributed by atoms with Crippen molar-refractivity contribution in [3.63, 3.8) is 0 Å². The van der Waals surface area contributed by atoms with Gasteiger partial charge in [-0.25, -0.2) is 14.8 Å². The highest BCUT2D eigenvalue weighted by molar-refractivity contribution is 7.86. The average Bonchev–Trinajstić information content (AvgIpc) is 4.09. The third kappa shape index (κ3) is 7.94. The number of fused-ring (bicyclic) bond motifs is 6. The Morgan fingerprint density at radius 2 is 0.968 bits per heavy atom. The summed E-state index contributed by atoms with van der Waals surface area (Å²) in [5.41, 5.74) is 8.26. The molecule has 0 aliphatic carbocycles. The van der Waals surface area contributed by atoms with Crippen LogP contribution in [0.15, 0.2) is 188 Å². The van der Waals surface area contributed by atoms with Crippen LogP contribution < -0.4 is 21.0 Å². The van der Waals surface area contributed by atoms with Crippen molar-refractivity contribution < 1.29 is 59.1 Å². The highest BCUT2D eigenvalue weighted by Crippen LogP contribution is 2.34. The van der Waals surface area contributed by atoms with Crippen LogP contribution in [0.2, 0.25) is 0 Å². The summed E-state index contributed by atoms with van der Waals surface area (Å²) in [6.45, 7) is 0. The van der Waals surface area contributed by atoms with Crippen molar-refractivity contribution in [1.82, 2.24) is 4.98 Å². The molecule has 4 aromatic carbocycles. The lowest BCUT2D eigenvalue weighted by molar-refractivity contribution is -0.537. The smallest absolute Gasteiger partial charge is 0.335 e. The molecule has 0 saturated carbocycles. The van der Waals surface area contributed by atoms with Gasteiger partial charge in [-0.2, -0.15) is 25.3 Å². The molecule has 9 rings (SSSR count). The molecule has 4 aliphatic heterocycles. The summed E-state index contributed by atoms with van der Waals surface area (Å²) in [6, 6.07) is 27.0. The van der Waals surface area contributed by atoms with Gasteiger partial charge in [0.15, 0.2) is 0 Å². The van der Waals surface area contributed by atoms with Gasteiger partial charge in [-0.1, -0.05) is 48.5 Å². The van der Waals surface area contributed by atoms with E-state index in [4.69, 9.17) is 4.99 Å². The van der Waals surface area contributed by atoms with E-state index >= 15 is 0 Å². The van der Waals surface area contributed by atoms with E-state index in [0.717, 1.165) is 0 Å². The number of benzene rings is 4. The number of H-pyrrole nitrogens is 1. The highest BCUT2D eigenvalue weighted by atomic mass is 32.2. The number of nitrogens with one attached hydrogen (secondary N) is 2. The fourth-order valence-corrected chi connectivity index (χ4v) is 9.21. The third-order valence-corrected chi connectivity index (χ3v) is 13.3. The summed E-state index contributed by atoms with van der Waals surface area (Å²) in [4.78, 5) is 23.0. The topological polar surface area (TPSA) is 259 Å². The molecule has 314 valence electrons. The van der Waals surface area contributed by atoms with Gasteiger partial charge in [0.2, 0.25) is 11.4 Å². The van der Waals surface area contributed by atoms with E-state index in [0.29, 0.717) is 89.5 Å². The Morgan fingerprint density at radius 3 is 1.48 bits per heavy atom. The fourth-order valence-electron chi connectivity index (χ4n) is 7.77. The number of hydrogen-bond acceptors (Lipinski definition) is 8. The zero-order valence-electron chi connectivity index (χ0n) is 32.3. The molecule has 8 N–H and O–H groups in total. The maximum Gasteiger partial charge on any atom is 0.335 e.